The van der Waals surface area contributed by atoms with Crippen LogP contribution >= 0.6 is 24.0 Å². The third-order valence-electron chi connectivity index (χ3n) is 4.26. The Morgan fingerprint density at radius 3 is 2.50 bits per heavy atom. The van der Waals surface area contributed by atoms with Crippen LogP contribution in [-0.4, -0.2) is 50.6 Å². The van der Waals surface area contributed by atoms with Crippen LogP contribution < -0.4 is 10.6 Å². The molecule has 5 heteroatoms. The number of piperidine rings is 1. The summed E-state index contributed by atoms with van der Waals surface area (Å²) in [6, 6.07) is 0.537. The molecule has 4 nitrogen and oxygen atoms in total. The number of nitrogens with zero attached hydrogens (tertiary/aromatic N) is 2. The van der Waals surface area contributed by atoms with Crippen LogP contribution in [0.3, 0.4) is 0 Å². The molecule has 116 valence electrons. The minimum atomic E-state index is 0. The first-order chi connectivity index (χ1) is 9.28. The van der Waals surface area contributed by atoms with E-state index in [0.29, 0.717) is 6.04 Å². The van der Waals surface area contributed by atoms with Crippen molar-refractivity contribution in [3.8, 4) is 0 Å². The van der Waals surface area contributed by atoms with Gasteiger partial charge in [0.25, 0.3) is 0 Å². The van der Waals surface area contributed by atoms with E-state index in [0.717, 1.165) is 31.3 Å². The summed E-state index contributed by atoms with van der Waals surface area (Å²) < 4.78 is 0. The monoisotopic (exact) mass is 392 g/mol. The SMILES string of the molecule is CN=C(NCCC1CCN(C)CC1)NC1CC=CC1.I. The van der Waals surface area contributed by atoms with Gasteiger partial charge in [-0.2, -0.15) is 0 Å². The van der Waals surface area contributed by atoms with Gasteiger partial charge in [0.15, 0.2) is 5.96 Å². The smallest absolute Gasteiger partial charge is 0.191 e. The van der Waals surface area contributed by atoms with Crippen molar-refractivity contribution in [1.29, 1.82) is 0 Å². The van der Waals surface area contributed by atoms with Crippen molar-refractivity contribution < 1.29 is 0 Å². The number of likely N-dealkylation sites (tertiary alicyclic amines) is 1. The Balaban J connectivity index is 0.00000200. The van der Waals surface area contributed by atoms with E-state index in [-0.39, 0.29) is 24.0 Å². The topological polar surface area (TPSA) is 39.7 Å². The van der Waals surface area contributed by atoms with Crippen LogP contribution in [-0.2, 0) is 0 Å². The zero-order valence-electron chi connectivity index (χ0n) is 12.8. The van der Waals surface area contributed by atoms with Crippen LogP contribution in [0.1, 0.15) is 32.1 Å². The van der Waals surface area contributed by atoms with Gasteiger partial charge in [0.1, 0.15) is 0 Å². The quantitative estimate of drug-likeness (QED) is 0.334. The lowest BCUT2D eigenvalue weighted by Crippen LogP contribution is -2.43. The summed E-state index contributed by atoms with van der Waals surface area (Å²) >= 11 is 0. The van der Waals surface area contributed by atoms with E-state index in [1.165, 1.54) is 32.4 Å². The molecular formula is C15H29IN4. The second kappa shape index (κ2) is 9.60. The van der Waals surface area contributed by atoms with Crippen molar-refractivity contribution in [3.63, 3.8) is 0 Å². The summed E-state index contributed by atoms with van der Waals surface area (Å²) in [6.45, 7) is 3.55. The van der Waals surface area contributed by atoms with Gasteiger partial charge >= 0.3 is 0 Å². The molecule has 0 saturated carbocycles. The molecule has 2 aliphatic rings. The minimum absolute atomic E-state index is 0. The van der Waals surface area contributed by atoms with Crippen LogP contribution in [0.2, 0.25) is 0 Å². The summed E-state index contributed by atoms with van der Waals surface area (Å²) in [7, 11) is 4.07. The third-order valence-corrected chi connectivity index (χ3v) is 4.26. The van der Waals surface area contributed by atoms with Crippen LogP contribution in [0.5, 0.6) is 0 Å². The lowest BCUT2D eigenvalue weighted by Gasteiger charge is -2.29. The molecule has 1 fully saturated rings. The van der Waals surface area contributed by atoms with Gasteiger partial charge in [-0.25, -0.2) is 0 Å². The molecular weight excluding hydrogens is 363 g/mol. The van der Waals surface area contributed by atoms with E-state index in [1.807, 2.05) is 7.05 Å². The van der Waals surface area contributed by atoms with Crippen LogP contribution in [0.4, 0.5) is 0 Å². The van der Waals surface area contributed by atoms with Gasteiger partial charge in [-0.05, 0) is 58.2 Å². The first-order valence-electron chi connectivity index (χ1n) is 7.58. The van der Waals surface area contributed by atoms with Gasteiger partial charge in [-0.15, -0.1) is 24.0 Å². The molecule has 20 heavy (non-hydrogen) atoms. The van der Waals surface area contributed by atoms with E-state index in [1.54, 1.807) is 0 Å². The Morgan fingerprint density at radius 1 is 1.25 bits per heavy atom. The second-order valence-electron chi connectivity index (χ2n) is 5.82. The molecule has 1 saturated heterocycles. The summed E-state index contributed by atoms with van der Waals surface area (Å²) in [6.07, 6.45) is 10.7. The predicted octanol–water partition coefficient (Wildman–Crippen LogP) is 2.22. The van der Waals surface area contributed by atoms with Crippen molar-refractivity contribution in [1.82, 2.24) is 15.5 Å². The van der Waals surface area contributed by atoms with E-state index in [9.17, 15) is 0 Å². The average Bonchev–Trinajstić information content (AvgIpc) is 2.93. The van der Waals surface area contributed by atoms with Gasteiger partial charge in [0.05, 0.1) is 0 Å². The Labute approximate surface area is 140 Å². The van der Waals surface area contributed by atoms with Gasteiger partial charge in [0, 0.05) is 19.6 Å². The molecule has 1 heterocycles. The standard InChI is InChI=1S/C15H28N4.HI/c1-16-15(18-14-5-3-4-6-14)17-10-7-13-8-11-19(2)12-9-13;/h3-4,13-14H,5-12H2,1-2H3,(H2,16,17,18);1H. The molecule has 0 unspecified atom stereocenters. The molecule has 0 aromatic heterocycles. The van der Waals surface area contributed by atoms with Gasteiger partial charge in [-0.3, -0.25) is 4.99 Å². The largest absolute Gasteiger partial charge is 0.356 e. The number of guanidine groups is 1. The Kier molecular flexibility index (Phi) is 8.52. The molecule has 0 atom stereocenters. The highest BCUT2D eigenvalue weighted by Crippen LogP contribution is 2.18. The maximum atomic E-state index is 4.30. The fourth-order valence-electron chi connectivity index (χ4n) is 2.87. The van der Waals surface area contributed by atoms with Crippen LogP contribution in [0, 0.1) is 5.92 Å². The van der Waals surface area contributed by atoms with E-state index in [4.69, 9.17) is 0 Å². The molecule has 1 aliphatic heterocycles. The molecule has 0 bridgehead atoms. The van der Waals surface area contributed by atoms with E-state index < -0.39 is 0 Å². The fraction of sp³-hybridized carbons (Fsp3) is 0.800. The molecule has 1 aliphatic carbocycles. The molecule has 2 rings (SSSR count). The molecule has 0 spiro atoms. The predicted molar refractivity (Wildman–Crippen MR) is 96.9 cm³/mol. The van der Waals surface area contributed by atoms with Crippen molar-refractivity contribution in [2.45, 2.75) is 38.1 Å². The fourth-order valence-corrected chi connectivity index (χ4v) is 2.87. The number of rotatable bonds is 4. The second-order valence-corrected chi connectivity index (χ2v) is 5.82. The summed E-state index contributed by atoms with van der Waals surface area (Å²) in [5.74, 6) is 1.84. The Bertz CT molecular complexity index is 314. The highest BCUT2D eigenvalue weighted by atomic mass is 127. The summed E-state index contributed by atoms with van der Waals surface area (Å²) in [5.41, 5.74) is 0. The lowest BCUT2D eigenvalue weighted by molar-refractivity contribution is 0.213. The van der Waals surface area contributed by atoms with Gasteiger partial charge in [0.2, 0.25) is 0 Å². The number of halogens is 1. The Hall–Kier alpha value is -0.300. The maximum Gasteiger partial charge on any atom is 0.191 e. The highest BCUT2D eigenvalue weighted by Gasteiger charge is 2.16. The molecule has 0 aromatic rings. The Morgan fingerprint density at radius 2 is 1.90 bits per heavy atom. The molecule has 0 radical (unpaired) electrons. The zero-order chi connectivity index (χ0) is 13.5. The first-order valence-corrected chi connectivity index (χ1v) is 7.58. The minimum Gasteiger partial charge on any atom is -0.356 e. The molecule has 0 amide bonds. The van der Waals surface area contributed by atoms with Gasteiger partial charge in [-0.1, -0.05) is 12.2 Å². The number of aliphatic imine (C=N–C) groups is 1. The lowest BCUT2D eigenvalue weighted by atomic mass is 9.94. The summed E-state index contributed by atoms with van der Waals surface area (Å²) in [5, 5.41) is 6.93. The van der Waals surface area contributed by atoms with Crippen molar-refractivity contribution in [2.75, 3.05) is 33.7 Å². The number of hydrogen-bond donors (Lipinski definition) is 2. The normalized spacial score (nSPS) is 21.8. The van der Waals surface area contributed by atoms with Crippen molar-refractivity contribution in [2.24, 2.45) is 10.9 Å². The third kappa shape index (κ3) is 5.99. The van der Waals surface area contributed by atoms with E-state index >= 15 is 0 Å². The van der Waals surface area contributed by atoms with Gasteiger partial charge < -0.3 is 15.5 Å². The van der Waals surface area contributed by atoms with Crippen LogP contribution in [0.15, 0.2) is 17.1 Å². The highest BCUT2D eigenvalue weighted by molar-refractivity contribution is 14.0. The molecule has 2 N–H and O–H groups in total. The first kappa shape index (κ1) is 17.8. The van der Waals surface area contributed by atoms with Crippen molar-refractivity contribution >= 4 is 29.9 Å². The average molecular weight is 392 g/mol. The summed E-state index contributed by atoms with van der Waals surface area (Å²) in [4.78, 5) is 6.73. The number of nitrogens with one attached hydrogen (secondary N) is 2. The van der Waals surface area contributed by atoms with E-state index in [2.05, 4.69) is 39.7 Å². The maximum absolute atomic E-state index is 4.30. The van der Waals surface area contributed by atoms with Crippen molar-refractivity contribution in [3.05, 3.63) is 12.2 Å². The number of hydrogen-bond acceptors (Lipinski definition) is 2. The zero-order valence-corrected chi connectivity index (χ0v) is 15.1. The molecule has 0 aromatic carbocycles. The van der Waals surface area contributed by atoms with Crippen LogP contribution in [0.25, 0.3) is 0 Å².